The highest BCUT2D eigenvalue weighted by molar-refractivity contribution is 5.74. The van der Waals surface area contributed by atoms with Crippen molar-refractivity contribution in [2.45, 2.75) is 12.8 Å². The molecule has 0 unspecified atom stereocenters. The fourth-order valence-electron chi connectivity index (χ4n) is 0.758. The van der Waals surface area contributed by atoms with Crippen LogP contribution in [0.1, 0.15) is 18.5 Å². The van der Waals surface area contributed by atoms with Crippen LogP contribution in [0.25, 0.3) is 0 Å². The molecule has 0 amide bonds. The molecule has 12 heavy (non-hydrogen) atoms. The van der Waals surface area contributed by atoms with Gasteiger partial charge >= 0.3 is 5.97 Å². The predicted octanol–water partition coefficient (Wildman–Crippen LogP) is 0.804. The maximum atomic E-state index is 12.8. The van der Waals surface area contributed by atoms with Crippen molar-refractivity contribution >= 4 is 5.97 Å². The van der Waals surface area contributed by atoms with Crippen LogP contribution in [0, 0.1) is 5.82 Å². The summed E-state index contributed by atoms with van der Waals surface area (Å²) in [6.07, 6.45) is 2.07. The van der Waals surface area contributed by atoms with Crippen molar-refractivity contribution in [3.8, 4) is 0 Å². The van der Waals surface area contributed by atoms with E-state index >= 15 is 0 Å². The molecule has 64 valence electrons. The Morgan fingerprint density at radius 3 is 2.92 bits per heavy atom. The van der Waals surface area contributed by atoms with E-state index in [2.05, 4.69) is 9.97 Å². The van der Waals surface area contributed by atoms with E-state index < -0.39 is 17.7 Å². The molecule has 1 atom stereocenters. The lowest BCUT2D eigenvalue weighted by Gasteiger charge is -2.04. The van der Waals surface area contributed by atoms with Crippen LogP contribution >= 0.6 is 0 Å². The van der Waals surface area contributed by atoms with Gasteiger partial charge < -0.3 is 5.11 Å². The van der Waals surface area contributed by atoms with Crippen molar-refractivity contribution in [1.82, 2.24) is 9.97 Å². The van der Waals surface area contributed by atoms with Gasteiger partial charge in [-0.25, -0.2) is 14.4 Å². The van der Waals surface area contributed by atoms with E-state index in [1.807, 2.05) is 0 Å². The summed E-state index contributed by atoms with van der Waals surface area (Å²) < 4.78 is 12.8. The van der Waals surface area contributed by atoms with Crippen LogP contribution in [0.5, 0.6) is 0 Å². The molecule has 1 N–H and O–H groups in total. The lowest BCUT2D eigenvalue weighted by Crippen LogP contribution is -2.11. The summed E-state index contributed by atoms with van der Waals surface area (Å²) in [5, 5.41) is 8.53. The SMILES string of the molecule is C[C@@H](C(=O)O)c1ncncc1F. The summed E-state index contributed by atoms with van der Waals surface area (Å²) in [6, 6.07) is 0. The highest BCUT2D eigenvalue weighted by atomic mass is 19.1. The number of carbonyl (C=O) groups is 1. The number of carboxylic acids is 1. The summed E-state index contributed by atoms with van der Waals surface area (Å²) in [5.41, 5.74) is -0.0856. The third kappa shape index (κ3) is 1.55. The quantitative estimate of drug-likeness (QED) is 0.713. The molecule has 1 heterocycles. The van der Waals surface area contributed by atoms with Crippen LogP contribution in [-0.4, -0.2) is 21.0 Å². The minimum atomic E-state index is -1.10. The molecular formula is C7H7FN2O2. The Kier molecular flexibility index (Phi) is 2.32. The van der Waals surface area contributed by atoms with E-state index in [9.17, 15) is 9.18 Å². The second-order valence-corrected chi connectivity index (χ2v) is 2.32. The van der Waals surface area contributed by atoms with E-state index in [-0.39, 0.29) is 5.69 Å². The maximum Gasteiger partial charge on any atom is 0.312 e. The van der Waals surface area contributed by atoms with Crippen LogP contribution in [0.2, 0.25) is 0 Å². The van der Waals surface area contributed by atoms with Gasteiger partial charge in [-0.1, -0.05) is 0 Å². The molecule has 1 aromatic heterocycles. The second-order valence-electron chi connectivity index (χ2n) is 2.32. The molecule has 0 saturated heterocycles. The van der Waals surface area contributed by atoms with Gasteiger partial charge in [0.05, 0.1) is 17.8 Å². The summed E-state index contributed by atoms with van der Waals surface area (Å²) in [5.74, 6) is -2.73. The van der Waals surface area contributed by atoms with Crippen molar-refractivity contribution in [3.05, 3.63) is 24.0 Å². The van der Waals surface area contributed by atoms with Crippen molar-refractivity contribution in [2.75, 3.05) is 0 Å². The van der Waals surface area contributed by atoms with Gasteiger partial charge in [0.15, 0.2) is 5.82 Å². The Morgan fingerprint density at radius 1 is 1.75 bits per heavy atom. The maximum absolute atomic E-state index is 12.8. The smallest absolute Gasteiger partial charge is 0.312 e. The van der Waals surface area contributed by atoms with Gasteiger partial charge in [0.1, 0.15) is 6.33 Å². The van der Waals surface area contributed by atoms with Crippen molar-refractivity contribution in [1.29, 1.82) is 0 Å². The molecule has 0 fully saturated rings. The first-order valence-corrected chi connectivity index (χ1v) is 3.31. The number of halogens is 1. The molecule has 0 aliphatic heterocycles. The molecule has 0 aliphatic rings. The first kappa shape index (κ1) is 8.58. The first-order valence-electron chi connectivity index (χ1n) is 3.31. The van der Waals surface area contributed by atoms with Crippen LogP contribution in [-0.2, 0) is 4.79 Å². The first-order chi connectivity index (χ1) is 5.63. The van der Waals surface area contributed by atoms with Crippen molar-refractivity contribution in [2.24, 2.45) is 0 Å². The van der Waals surface area contributed by atoms with Gasteiger partial charge in [-0.2, -0.15) is 0 Å². The van der Waals surface area contributed by atoms with Gasteiger partial charge in [-0.15, -0.1) is 0 Å². The van der Waals surface area contributed by atoms with E-state index in [1.54, 1.807) is 0 Å². The van der Waals surface area contributed by atoms with E-state index in [4.69, 9.17) is 5.11 Å². The van der Waals surface area contributed by atoms with Gasteiger partial charge in [0.25, 0.3) is 0 Å². The average Bonchev–Trinajstić information content (AvgIpc) is 2.04. The van der Waals surface area contributed by atoms with Crippen molar-refractivity contribution < 1.29 is 14.3 Å². The molecule has 0 radical (unpaired) electrons. The van der Waals surface area contributed by atoms with E-state index in [0.29, 0.717) is 0 Å². The largest absolute Gasteiger partial charge is 0.481 e. The van der Waals surface area contributed by atoms with Gasteiger partial charge in [-0.05, 0) is 6.92 Å². The van der Waals surface area contributed by atoms with Gasteiger partial charge in [0, 0.05) is 0 Å². The zero-order valence-corrected chi connectivity index (χ0v) is 6.36. The topological polar surface area (TPSA) is 63.1 Å². The van der Waals surface area contributed by atoms with Crippen LogP contribution in [0.3, 0.4) is 0 Å². The Morgan fingerprint density at radius 2 is 2.42 bits per heavy atom. The predicted molar refractivity (Wildman–Crippen MR) is 38.0 cm³/mol. The normalized spacial score (nSPS) is 12.5. The number of aliphatic carboxylic acids is 1. The Hall–Kier alpha value is -1.52. The summed E-state index contributed by atoms with van der Waals surface area (Å²) in [4.78, 5) is 17.4. The molecular weight excluding hydrogens is 163 g/mol. The lowest BCUT2D eigenvalue weighted by molar-refractivity contribution is -0.138. The molecule has 0 aromatic carbocycles. The molecule has 0 bridgehead atoms. The van der Waals surface area contributed by atoms with Gasteiger partial charge in [0.2, 0.25) is 0 Å². The number of hydrogen-bond donors (Lipinski definition) is 1. The molecule has 0 aliphatic carbocycles. The fraction of sp³-hybridized carbons (Fsp3) is 0.286. The molecule has 1 aromatic rings. The third-order valence-corrected chi connectivity index (χ3v) is 1.48. The summed E-state index contributed by atoms with van der Waals surface area (Å²) >= 11 is 0. The fourth-order valence-corrected chi connectivity index (χ4v) is 0.758. The standard InChI is InChI=1S/C7H7FN2O2/c1-4(7(11)12)6-5(8)2-9-3-10-6/h2-4H,1H3,(H,11,12)/t4-/m1/s1. The average molecular weight is 170 g/mol. The molecule has 1 rings (SSSR count). The number of carboxylic acid groups (broad SMARTS) is 1. The molecule has 4 nitrogen and oxygen atoms in total. The second kappa shape index (κ2) is 3.25. The number of hydrogen-bond acceptors (Lipinski definition) is 3. The Balaban J connectivity index is 3.02. The Labute approximate surface area is 68.1 Å². The number of nitrogens with zero attached hydrogens (tertiary/aromatic N) is 2. The minimum absolute atomic E-state index is 0.0856. The zero-order chi connectivity index (χ0) is 9.14. The van der Waals surface area contributed by atoms with E-state index in [1.165, 1.54) is 6.92 Å². The highest BCUT2D eigenvalue weighted by Crippen LogP contribution is 2.14. The lowest BCUT2D eigenvalue weighted by atomic mass is 10.1. The number of aromatic nitrogens is 2. The molecule has 5 heteroatoms. The molecule has 0 spiro atoms. The van der Waals surface area contributed by atoms with Crippen LogP contribution in [0.15, 0.2) is 12.5 Å². The summed E-state index contributed by atoms with van der Waals surface area (Å²) in [6.45, 7) is 1.37. The Bertz CT molecular complexity index is 303. The van der Waals surface area contributed by atoms with E-state index in [0.717, 1.165) is 12.5 Å². The highest BCUT2D eigenvalue weighted by Gasteiger charge is 2.18. The van der Waals surface area contributed by atoms with Crippen LogP contribution in [0.4, 0.5) is 4.39 Å². The summed E-state index contributed by atoms with van der Waals surface area (Å²) in [7, 11) is 0. The number of rotatable bonds is 2. The zero-order valence-electron chi connectivity index (χ0n) is 6.36. The van der Waals surface area contributed by atoms with Crippen LogP contribution < -0.4 is 0 Å². The third-order valence-electron chi connectivity index (χ3n) is 1.48. The van der Waals surface area contributed by atoms with Gasteiger partial charge in [-0.3, -0.25) is 4.79 Å². The minimum Gasteiger partial charge on any atom is -0.481 e. The van der Waals surface area contributed by atoms with Crippen molar-refractivity contribution in [3.63, 3.8) is 0 Å². The molecule has 0 saturated carbocycles. The monoisotopic (exact) mass is 170 g/mol.